The molecule has 16 nitrogen and oxygen atoms in total. The summed E-state index contributed by atoms with van der Waals surface area (Å²) in [5.41, 5.74) is 7.89. The first-order chi connectivity index (χ1) is 35.3. The van der Waals surface area contributed by atoms with Gasteiger partial charge in [0.05, 0.1) is 59.5 Å². The maximum atomic E-state index is 13.2. The van der Waals surface area contributed by atoms with Gasteiger partial charge in [-0.2, -0.15) is 0 Å². The second-order valence-corrected chi connectivity index (χ2v) is 40.2. The van der Waals surface area contributed by atoms with Gasteiger partial charge in [-0.15, -0.1) is 24.0 Å². The van der Waals surface area contributed by atoms with Gasteiger partial charge in [-0.25, -0.2) is 81.2 Å². The van der Waals surface area contributed by atoms with Gasteiger partial charge in [0.1, 0.15) is 17.5 Å². The Labute approximate surface area is 530 Å². The van der Waals surface area contributed by atoms with Crippen molar-refractivity contribution in [1.82, 2.24) is 29.9 Å². The van der Waals surface area contributed by atoms with Crippen molar-refractivity contribution in [3.63, 3.8) is 0 Å². The van der Waals surface area contributed by atoms with E-state index in [0.29, 0.717) is 58.1 Å². The Morgan fingerprint density at radius 1 is 0.519 bits per heavy atom. The van der Waals surface area contributed by atoms with E-state index in [0.717, 1.165) is 59.8 Å². The number of hydrogen-bond donors (Lipinski definition) is 1. The number of aromatic nitrogens is 6. The van der Waals surface area contributed by atoms with Crippen LogP contribution in [0.25, 0.3) is 33.8 Å². The monoisotopic (exact) mass is 1870 g/mol. The van der Waals surface area contributed by atoms with Gasteiger partial charge in [0.2, 0.25) is 47.9 Å². The molecule has 0 aliphatic heterocycles. The molecule has 77 heavy (non-hydrogen) atoms. The molecule has 0 unspecified atom stereocenters. The summed E-state index contributed by atoms with van der Waals surface area (Å²) < 4.78 is 114. The average Bonchev–Trinajstić information content (AvgIpc) is 3.36. The molecule has 1 N–H and O–H groups in total. The molecule has 3 aromatic carbocycles. The van der Waals surface area contributed by atoms with E-state index >= 15 is 0 Å². The molecular formula is C48H60BrF3I6N9O7S3-. The average molecular weight is 1870 g/mol. The molecule has 3 heterocycles. The zero-order valence-electron chi connectivity index (χ0n) is 44.0. The number of hydrogen-bond acceptors (Lipinski definition) is 13. The Morgan fingerprint density at radius 3 is 1.03 bits per heavy atom. The molecule has 0 spiro atoms. The molecule has 3 aromatic heterocycles. The predicted octanol–water partition coefficient (Wildman–Crippen LogP) is 10.3. The topological polar surface area (TPSA) is 210 Å². The third-order valence-corrected chi connectivity index (χ3v) is 14.9. The van der Waals surface area contributed by atoms with Crippen molar-refractivity contribution in [2.24, 2.45) is 0 Å². The maximum absolute atomic E-state index is 13.2. The molecule has 6 aromatic rings. The van der Waals surface area contributed by atoms with Gasteiger partial charge in [-0.3, -0.25) is 0 Å². The Hall–Kier alpha value is -1.24. The standard InChI is InChI=1S/C16H19BrFN3O2S.C16H20FN3O3S.C16H20FN3O2S.I3.I2.HI/c1-10(2)14-13(9-17)15(11-5-7-12(18)8-6-11)20-16(19-14)21(3)24(4,22)23;1-10(2)14-13(9-21)15(11-5-7-12(17)8-6-11)19-16(18-14)20(3)24(4,22)23;1-10(2)14-11(3)15(12-6-8-13(17)9-7-12)19-16(18-14)20(4)23(5,21)22;1-3-2;1-2;/h5-8,10H,9H2,1-4H3;5-8,10,21H,9H2,1-4H3;6-10H,1-5H3;;;1H/q;;;-1;;. The zero-order chi connectivity index (χ0) is 58.2. The summed E-state index contributed by atoms with van der Waals surface area (Å²) in [6.07, 6.45) is 3.26. The molecule has 29 heteroatoms. The van der Waals surface area contributed by atoms with Crippen molar-refractivity contribution in [3.05, 3.63) is 124 Å². The summed E-state index contributed by atoms with van der Waals surface area (Å²) in [6.45, 7) is 13.3. The van der Waals surface area contributed by atoms with E-state index in [1.807, 2.05) is 48.5 Å². The van der Waals surface area contributed by atoms with Gasteiger partial charge in [0.25, 0.3) is 0 Å². The van der Waals surface area contributed by atoms with E-state index in [9.17, 15) is 43.5 Å². The minimum atomic E-state index is -3.54. The van der Waals surface area contributed by atoms with Crippen LogP contribution in [0, 0.1) is 24.4 Å². The Balaban J connectivity index is 0.000000550. The van der Waals surface area contributed by atoms with Crippen LogP contribution in [0.4, 0.5) is 31.0 Å². The molecule has 6 rings (SSSR count). The molecule has 0 aliphatic rings. The van der Waals surface area contributed by atoms with E-state index in [4.69, 9.17) is 0 Å². The van der Waals surface area contributed by atoms with Gasteiger partial charge in [-0.05, 0) is 103 Å². The van der Waals surface area contributed by atoms with E-state index in [2.05, 4.69) is 120 Å². The first-order valence-electron chi connectivity index (χ1n) is 22.3. The SMILES string of the molecule is CC(C)c1nc(N(C)S(C)(=O)=O)nc(-c2ccc(F)cc2)c1CBr.CC(C)c1nc(N(C)S(C)(=O)=O)nc(-c2ccc(F)cc2)c1CO.Cc1c(-c2ccc(F)cc2)nc(N(C)S(C)(=O)=O)nc1C(C)C.I.II.I[I-]I. The summed E-state index contributed by atoms with van der Waals surface area (Å²) in [7, 11) is -6.30. The number of aliphatic hydroxyl groups is 1. The van der Waals surface area contributed by atoms with Crippen LogP contribution in [0.3, 0.4) is 0 Å². The van der Waals surface area contributed by atoms with Gasteiger partial charge >= 0.3 is 50.5 Å². The van der Waals surface area contributed by atoms with E-state index in [-0.39, 0.29) is 77.8 Å². The van der Waals surface area contributed by atoms with Crippen LogP contribution in [0.15, 0.2) is 72.8 Å². The van der Waals surface area contributed by atoms with E-state index in [1.54, 1.807) is 24.3 Å². The fourth-order valence-corrected chi connectivity index (χ4v) is 8.44. The number of nitrogens with zero attached hydrogens (tertiary/aromatic N) is 9. The summed E-state index contributed by atoms with van der Waals surface area (Å²) in [6, 6.07) is 17.5. The third kappa shape index (κ3) is 21.8. The molecule has 0 bridgehead atoms. The summed E-state index contributed by atoms with van der Waals surface area (Å²) >= 11 is 13.0. The molecule has 428 valence electrons. The quantitative estimate of drug-likeness (QED) is 0.0796. The molecule has 0 saturated carbocycles. The third-order valence-electron chi connectivity index (χ3n) is 10.8. The van der Waals surface area contributed by atoms with Crippen molar-refractivity contribution < 1.29 is 56.8 Å². The van der Waals surface area contributed by atoms with Gasteiger partial charge in [-0.1, -0.05) is 57.5 Å². The number of benzene rings is 3. The van der Waals surface area contributed by atoms with Crippen molar-refractivity contribution in [3.8, 4) is 33.8 Å². The second-order valence-electron chi connectivity index (χ2n) is 17.4. The predicted molar refractivity (Wildman–Crippen MR) is 349 cm³/mol. The number of alkyl halides is 1. The summed E-state index contributed by atoms with van der Waals surface area (Å²) in [4.78, 5) is 26.3. The van der Waals surface area contributed by atoms with Crippen molar-refractivity contribution >= 4 is 162 Å². The molecule has 0 fully saturated rings. The Morgan fingerprint density at radius 2 is 0.766 bits per heavy atom. The van der Waals surface area contributed by atoms with Gasteiger partial charge in [0.15, 0.2) is 0 Å². The van der Waals surface area contributed by atoms with Crippen LogP contribution in [0.2, 0.25) is 0 Å². The van der Waals surface area contributed by atoms with E-state index in [1.165, 1.54) is 69.7 Å². The fourth-order valence-electron chi connectivity index (χ4n) is 6.75. The first-order valence-corrected chi connectivity index (χ1v) is 47.8. The number of rotatable bonds is 14. The van der Waals surface area contributed by atoms with Crippen molar-refractivity contribution in [2.45, 2.75) is 78.2 Å². The molecule has 0 saturated heterocycles. The van der Waals surface area contributed by atoms with Crippen LogP contribution in [-0.2, 0) is 42.0 Å². The molecule has 0 aliphatic carbocycles. The van der Waals surface area contributed by atoms with Crippen LogP contribution in [0.5, 0.6) is 0 Å². The summed E-state index contributed by atoms with van der Waals surface area (Å²) in [5, 5.41) is 10.3. The zero-order valence-corrected chi connectivity index (χ0v) is 61.2. The fraction of sp³-hybridized carbons (Fsp3) is 0.375. The van der Waals surface area contributed by atoms with Crippen molar-refractivity contribution in [1.29, 1.82) is 0 Å². The number of halogens is 10. The first kappa shape index (κ1) is 73.8. The molecule has 0 radical (unpaired) electrons. The number of aliphatic hydroxyl groups excluding tert-OH is 1. The van der Waals surface area contributed by atoms with E-state index < -0.39 is 35.9 Å². The van der Waals surface area contributed by atoms with Crippen LogP contribution in [-0.4, -0.2) is 100 Å². The van der Waals surface area contributed by atoms with Crippen LogP contribution in [0.1, 0.15) is 93.1 Å². The van der Waals surface area contributed by atoms with Gasteiger partial charge in [0, 0.05) is 91.5 Å². The Kier molecular flexibility index (Phi) is 32.3. The Bertz CT molecular complexity index is 3080. The molecular weight excluding hydrogens is 1810 g/mol. The van der Waals surface area contributed by atoms with Crippen LogP contribution >= 0.6 is 114 Å². The van der Waals surface area contributed by atoms with Crippen LogP contribution < -0.4 is 26.2 Å². The van der Waals surface area contributed by atoms with Gasteiger partial charge < -0.3 is 5.11 Å². The minimum absolute atomic E-state index is 0. The molecule has 0 atom stereocenters. The molecule has 0 amide bonds. The summed E-state index contributed by atoms with van der Waals surface area (Å²) in [5.74, 6) is -0.722. The van der Waals surface area contributed by atoms with Crippen molar-refractivity contribution in [2.75, 3.05) is 52.8 Å². The normalized spacial score (nSPS) is 11.2. The number of anilines is 3. The second kappa shape index (κ2) is 33.8. The number of sulfonamides is 3.